The first-order valence-corrected chi connectivity index (χ1v) is 7.81. The Morgan fingerprint density at radius 3 is 2.73 bits per heavy atom. The van der Waals surface area contributed by atoms with Crippen LogP contribution < -0.4 is 10.1 Å². The molecule has 0 amide bonds. The van der Waals surface area contributed by atoms with Crippen LogP contribution in [0.2, 0.25) is 0 Å². The fraction of sp³-hybridized carbons (Fsp3) is 0.375. The fourth-order valence-electron chi connectivity index (χ4n) is 2.10. The highest BCUT2D eigenvalue weighted by Gasteiger charge is 2.24. The van der Waals surface area contributed by atoms with E-state index in [2.05, 4.69) is 10.1 Å². The van der Waals surface area contributed by atoms with Gasteiger partial charge in [-0.3, -0.25) is 0 Å². The Morgan fingerprint density at radius 2 is 2.09 bits per heavy atom. The van der Waals surface area contributed by atoms with E-state index in [1.807, 2.05) is 30.5 Å². The molecule has 0 aliphatic rings. The molecule has 1 heterocycles. The summed E-state index contributed by atoms with van der Waals surface area (Å²) < 4.78 is 28.9. The number of thiophene rings is 1. The van der Waals surface area contributed by atoms with Gasteiger partial charge in [0.25, 0.3) is 0 Å². The summed E-state index contributed by atoms with van der Waals surface area (Å²) in [7, 11) is 0. The van der Waals surface area contributed by atoms with Crippen molar-refractivity contribution in [3.63, 3.8) is 0 Å². The first kappa shape index (κ1) is 16.9. The van der Waals surface area contributed by atoms with Crippen LogP contribution in [0.3, 0.4) is 0 Å². The van der Waals surface area contributed by atoms with Crippen LogP contribution in [0.25, 0.3) is 0 Å². The number of halogens is 2. The van der Waals surface area contributed by atoms with Gasteiger partial charge in [-0.1, -0.05) is 18.2 Å². The van der Waals surface area contributed by atoms with Crippen molar-refractivity contribution in [1.82, 2.24) is 5.32 Å². The number of aliphatic hydroxyl groups is 1. The molecular weight excluding hydrogens is 308 g/mol. The van der Waals surface area contributed by atoms with Gasteiger partial charge in [0.15, 0.2) is 0 Å². The van der Waals surface area contributed by atoms with Crippen LogP contribution in [0.4, 0.5) is 8.78 Å². The number of rotatable bonds is 7. The Morgan fingerprint density at radius 1 is 1.32 bits per heavy atom. The number of ether oxygens (including phenoxy) is 1. The lowest BCUT2D eigenvalue weighted by Crippen LogP contribution is -2.36. The molecule has 0 saturated heterocycles. The van der Waals surface area contributed by atoms with Crippen molar-refractivity contribution in [2.24, 2.45) is 0 Å². The van der Waals surface area contributed by atoms with E-state index in [0.717, 1.165) is 10.4 Å². The van der Waals surface area contributed by atoms with Gasteiger partial charge in [0.05, 0.1) is 0 Å². The summed E-state index contributed by atoms with van der Waals surface area (Å²) in [4.78, 5) is 0.877. The minimum absolute atomic E-state index is 0.104. The molecule has 2 unspecified atom stereocenters. The molecule has 0 bridgehead atoms. The largest absolute Gasteiger partial charge is 0.435 e. The Labute approximate surface area is 132 Å². The van der Waals surface area contributed by atoms with E-state index in [1.165, 1.54) is 17.4 Å². The van der Waals surface area contributed by atoms with Crippen LogP contribution in [-0.2, 0) is 5.60 Å². The molecule has 0 fully saturated rings. The second kappa shape index (κ2) is 7.17. The topological polar surface area (TPSA) is 41.5 Å². The summed E-state index contributed by atoms with van der Waals surface area (Å²) in [5, 5.41) is 15.6. The Hall–Kier alpha value is -1.50. The van der Waals surface area contributed by atoms with Crippen molar-refractivity contribution < 1.29 is 18.6 Å². The van der Waals surface area contributed by atoms with Gasteiger partial charge in [-0.2, -0.15) is 8.78 Å². The molecule has 1 aromatic heterocycles. The minimum atomic E-state index is -2.84. The maximum absolute atomic E-state index is 12.2. The van der Waals surface area contributed by atoms with Gasteiger partial charge >= 0.3 is 6.61 Å². The predicted octanol–water partition coefficient (Wildman–Crippen LogP) is 3.91. The second-order valence-corrected chi connectivity index (χ2v) is 6.25. The van der Waals surface area contributed by atoms with E-state index in [0.29, 0.717) is 6.54 Å². The SMILES string of the molecule is CC(NCC(C)(O)c1cccs1)c1cccc(OC(F)F)c1. The summed E-state index contributed by atoms with van der Waals surface area (Å²) in [6, 6.07) is 10.2. The van der Waals surface area contributed by atoms with E-state index in [9.17, 15) is 13.9 Å². The maximum atomic E-state index is 12.2. The first-order valence-electron chi connectivity index (χ1n) is 6.93. The number of nitrogens with one attached hydrogen (secondary N) is 1. The second-order valence-electron chi connectivity index (χ2n) is 5.30. The lowest BCUT2D eigenvalue weighted by atomic mass is 10.0. The summed E-state index contributed by atoms with van der Waals surface area (Å²) >= 11 is 1.49. The van der Waals surface area contributed by atoms with Crippen molar-refractivity contribution in [1.29, 1.82) is 0 Å². The van der Waals surface area contributed by atoms with Crippen LogP contribution in [-0.4, -0.2) is 18.3 Å². The highest BCUT2D eigenvalue weighted by atomic mass is 32.1. The number of alkyl halides is 2. The highest BCUT2D eigenvalue weighted by Crippen LogP contribution is 2.26. The maximum Gasteiger partial charge on any atom is 0.387 e. The van der Waals surface area contributed by atoms with Gasteiger partial charge in [0, 0.05) is 17.5 Å². The highest BCUT2D eigenvalue weighted by molar-refractivity contribution is 7.10. The van der Waals surface area contributed by atoms with E-state index >= 15 is 0 Å². The average Bonchev–Trinajstić information content (AvgIpc) is 2.99. The third-order valence-electron chi connectivity index (χ3n) is 3.39. The standard InChI is InChI=1S/C16H19F2NO2S/c1-11(12-5-3-6-13(9-12)21-15(17)18)19-10-16(2,20)14-7-4-8-22-14/h3-9,11,15,19-20H,10H2,1-2H3. The zero-order valence-electron chi connectivity index (χ0n) is 12.4. The summed E-state index contributed by atoms with van der Waals surface area (Å²) in [5.74, 6) is 0.131. The Bertz CT molecular complexity index is 588. The predicted molar refractivity (Wildman–Crippen MR) is 83.4 cm³/mol. The Balaban J connectivity index is 1.99. The van der Waals surface area contributed by atoms with Gasteiger partial charge in [0.2, 0.25) is 0 Å². The molecule has 6 heteroatoms. The van der Waals surface area contributed by atoms with E-state index in [1.54, 1.807) is 19.1 Å². The molecule has 120 valence electrons. The number of hydrogen-bond donors (Lipinski definition) is 2. The molecule has 0 aliphatic heterocycles. The fourth-order valence-corrected chi connectivity index (χ4v) is 2.89. The molecule has 22 heavy (non-hydrogen) atoms. The Kier molecular flexibility index (Phi) is 5.50. The molecule has 0 spiro atoms. The number of benzene rings is 1. The van der Waals surface area contributed by atoms with Gasteiger partial charge in [-0.25, -0.2) is 0 Å². The van der Waals surface area contributed by atoms with Crippen molar-refractivity contribution in [2.45, 2.75) is 32.1 Å². The van der Waals surface area contributed by atoms with Crippen LogP contribution in [0.15, 0.2) is 41.8 Å². The molecule has 1 aromatic carbocycles. The lowest BCUT2D eigenvalue weighted by molar-refractivity contribution is -0.0499. The molecule has 0 radical (unpaired) electrons. The van der Waals surface area contributed by atoms with Gasteiger partial charge in [-0.15, -0.1) is 11.3 Å². The summed E-state index contributed by atoms with van der Waals surface area (Å²) in [5.41, 5.74) is -0.153. The molecule has 3 nitrogen and oxygen atoms in total. The zero-order valence-corrected chi connectivity index (χ0v) is 13.2. The van der Waals surface area contributed by atoms with Crippen LogP contribution >= 0.6 is 11.3 Å². The summed E-state index contributed by atoms with van der Waals surface area (Å²) in [6.07, 6.45) is 0. The van der Waals surface area contributed by atoms with Crippen molar-refractivity contribution in [3.05, 3.63) is 52.2 Å². The van der Waals surface area contributed by atoms with Crippen LogP contribution in [0, 0.1) is 0 Å². The van der Waals surface area contributed by atoms with Crippen LogP contribution in [0.5, 0.6) is 5.75 Å². The normalized spacial score (nSPS) is 15.5. The number of hydrogen-bond acceptors (Lipinski definition) is 4. The lowest BCUT2D eigenvalue weighted by Gasteiger charge is -2.25. The zero-order chi connectivity index (χ0) is 16.2. The summed E-state index contributed by atoms with van der Waals surface area (Å²) in [6.45, 7) is 1.17. The van der Waals surface area contributed by atoms with E-state index in [4.69, 9.17) is 0 Å². The third-order valence-corrected chi connectivity index (χ3v) is 4.51. The van der Waals surface area contributed by atoms with Gasteiger partial charge in [-0.05, 0) is 43.0 Å². The van der Waals surface area contributed by atoms with Crippen molar-refractivity contribution in [2.75, 3.05) is 6.54 Å². The first-order chi connectivity index (χ1) is 10.4. The van der Waals surface area contributed by atoms with Gasteiger partial charge in [0.1, 0.15) is 11.4 Å². The molecule has 2 aromatic rings. The monoisotopic (exact) mass is 327 g/mol. The van der Waals surface area contributed by atoms with Crippen LogP contribution in [0.1, 0.15) is 30.3 Å². The molecule has 2 N–H and O–H groups in total. The van der Waals surface area contributed by atoms with Crippen molar-refractivity contribution in [3.8, 4) is 5.75 Å². The molecular formula is C16H19F2NO2S. The third kappa shape index (κ3) is 4.50. The minimum Gasteiger partial charge on any atom is -0.435 e. The van der Waals surface area contributed by atoms with E-state index in [-0.39, 0.29) is 11.8 Å². The molecule has 2 atom stereocenters. The van der Waals surface area contributed by atoms with Crippen molar-refractivity contribution >= 4 is 11.3 Å². The molecule has 2 rings (SSSR count). The average molecular weight is 327 g/mol. The van der Waals surface area contributed by atoms with E-state index < -0.39 is 12.2 Å². The quantitative estimate of drug-likeness (QED) is 0.810. The molecule has 0 aliphatic carbocycles. The molecule has 0 saturated carbocycles. The van der Waals surface area contributed by atoms with Gasteiger partial charge < -0.3 is 15.2 Å². The smallest absolute Gasteiger partial charge is 0.387 e.